The molecule has 0 radical (unpaired) electrons. The van der Waals surface area contributed by atoms with Crippen molar-refractivity contribution < 1.29 is 4.39 Å². The minimum Gasteiger partial charge on any atom is -0.348 e. The maximum absolute atomic E-state index is 13.6. The second kappa shape index (κ2) is 5.50. The summed E-state index contributed by atoms with van der Waals surface area (Å²) in [5.74, 6) is 0.491. The van der Waals surface area contributed by atoms with Gasteiger partial charge in [0.05, 0.1) is 12.1 Å². The second-order valence-corrected chi connectivity index (χ2v) is 5.94. The molecule has 0 unspecified atom stereocenters. The highest BCUT2D eigenvalue weighted by Gasteiger charge is 2.29. The van der Waals surface area contributed by atoms with Gasteiger partial charge in [0, 0.05) is 0 Å². The Balaban J connectivity index is 1.73. The smallest absolute Gasteiger partial charge is 0.222 e. The first-order valence-electron chi connectivity index (χ1n) is 7.69. The average Bonchev–Trinajstić information content (AvgIpc) is 3.03. The van der Waals surface area contributed by atoms with E-state index in [2.05, 4.69) is 46.6 Å². The zero-order valence-corrected chi connectivity index (χ0v) is 12.8. The highest BCUT2D eigenvalue weighted by Crippen LogP contribution is 2.37. The van der Waals surface area contributed by atoms with Gasteiger partial charge in [0.2, 0.25) is 5.95 Å². The van der Waals surface area contributed by atoms with Crippen molar-refractivity contribution in [2.24, 2.45) is 0 Å². The van der Waals surface area contributed by atoms with Gasteiger partial charge in [-0.3, -0.25) is 0 Å². The lowest BCUT2D eigenvalue weighted by Gasteiger charge is -2.31. The Morgan fingerprint density at radius 3 is 2.74 bits per heavy atom. The van der Waals surface area contributed by atoms with E-state index in [-0.39, 0.29) is 17.9 Å². The molecule has 1 N–H and O–H groups in total. The summed E-state index contributed by atoms with van der Waals surface area (Å²) in [6.45, 7) is 2.07. The lowest BCUT2D eigenvalue weighted by atomic mass is 9.93. The molecule has 3 aromatic rings. The highest BCUT2D eigenvalue weighted by atomic mass is 19.1. The fourth-order valence-corrected chi connectivity index (χ4v) is 3.13. The molecule has 4 rings (SSSR count). The Kier molecular flexibility index (Phi) is 3.33. The third-order valence-electron chi connectivity index (χ3n) is 4.34. The van der Waals surface area contributed by atoms with Crippen molar-refractivity contribution in [2.75, 3.05) is 5.32 Å². The number of aromatic nitrogens is 3. The van der Waals surface area contributed by atoms with Crippen molar-refractivity contribution >= 4 is 5.95 Å². The maximum atomic E-state index is 13.6. The molecule has 0 amide bonds. The summed E-state index contributed by atoms with van der Waals surface area (Å²) in [4.78, 5) is 4.30. The zero-order chi connectivity index (χ0) is 15.8. The SMILES string of the molecule is Cc1ccc([C@H]2C[C@@H](c3cccc(F)c3)n3ncnc3N2)cc1. The van der Waals surface area contributed by atoms with E-state index >= 15 is 0 Å². The number of nitrogens with one attached hydrogen (secondary N) is 1. The van der Waals surface area contributed by atoms with Crippen LogP contribution in [0.5, 0.6) is 0 Å². The summed E-state index contributed by atoms with van der Waals surface area (Å²) in [6.07, 6.45) is 2.33. The van der Waals surface area contributed by atoms with E-state index < -0.39 is 0 Å². The molecule has 0 spiro atoms. The molecule has 2 atom stereocenters. The van der Waals surface area contributed by atoms with Gasteiger partial charge in [-0.25, -0.2) is 9.07 Å². The number of nitrogens with zero attached hydrogens (tertiary/aromatic N) is 3. The molecule has 0 aliphatic carbocycles. The van der Waals surface area contributed by atoms with Crippen LogP contribution in [0.15, 0.2) is 54.9 Å². The molecule has 23 heavy (non-hydrogen) atoms. The molecule has 1 aromatic heterocycles. The van der Waals surface area contributed by atoms with E-state index in [1.165, 1.54) is 23.5 Å². The van der Waals surface area contributed by atoms with Crippen molar-refractivity contribution in [1.82, 2.24) is 14.8 Å². The Bertz CT molecular complexity index is 825. The molecule has 1 aliphatic rings. The largest absolute Gasteiger partial charge is 0.348 e. The van der Waals surface area contributed by atoms with Crippen LogP contribution in [-0.4, -0.2) is 14.8 Å². The van der Waals surface area contributed by atoms with Crippen molar-refractivity contribution in [3.63, 3.8) is 0 Å². The summed E-state index contributed by atoms with van der Waals surface area (Å²) in [6, 6.07) is 15.3. The quantitative estimate of drug-likeness (QED) is 0.781. The molecule has 1 aliphatic heterocycles. The first-order valence-corrected chi connectivity index (χ1v) is 7.69. The Hall–Kier alpha value is -2.69. The standard InChI is InChI=1S/C18H17FN4/c1-12-5-7-13(8-6-12)16-10-17(14-3-2-4-15(19)9-14)23-18(22-16)20-11-21-23/h2-9,11,16-17H,10H2,1H3,(H,20,21,22)/t16-,17+/m1/s1. The van der Waals surface area contributed by atoms with Gasteiger partial charge in [0.25, 0.3) is 0 Å². The van der Waals surface area contributed by atoms with E-state index in [0.29, 0.717) is 0 Å². The predicted octanol–water partition coefficient (Wildman–Crippen LogP) is 3.87. The molecule has 0 saturated heterocycles. The monoisotopic (exact) mass is 308 g/mol. The lowest BCUT2D eigenvalue weighted by Crippen LogP contribution is -2.28. The molecule has 4 nitrogen and oxygen atoms in total. The van der Waals surface area contributed by atoms with Gasteiger partial charge in [-0.15, -0.1) is 0 Å². The normalized spacial score (nSPS) is 19.9. The van der Waals surface area contributed by atoms with Crippen molar-refractivity contribution in [3.8, 4) is 0 Å². The second-order valence-electron chi connectivity index (χ2n) is 5.94. The fourth-order valence-electron chi connectivity index (χ4n) is 3.13. The maximum Gasteiger partial charge on any atom is 0.222 e. The first-order chi connectivity index (χ1) is 11.2. The average molecular weight is 308 g/mol. The van der Waals surface area contributed by atoms with Crippen LogP contribution in [0.1, 0.15) is 35.2 Å². The van der Waals surface area contributed by atoms with E-state index in [9.17, 15) is 4.39 Å². The third-order valence-corrected chi connectivity index (χ3v) is 4.34. The zero-order valence-electron chi connectivity index (χ0n) is 12.8. The number of rotatable bonds is 2. The topological polar surface area (TPSA) is 42.7 Å². The number of aryl methyl sites for hydroxylation is 1. The number of hydrogen-bond donors (Lipinski definition) is 1. The Morgan fingerprint density at radius 2 is 1.96 bits per heavy atom. The van der Waals surface area contributed by atoms with Crippen LogP contribution in [0.25, 0.3) is 0 Å². The minimum atomic E-state index is -0.227. The number of benzene rings is 2. The summed E-state index contributed by atoms with van der Waals surface area (Å²) >= 11 is 0. The first kappa shape index (κ1) is 13.9. The van der Waals surface area contributed by atoms with Crippen LogP contribution < -0.4 is 5.32 Å². The minimum absolute atomic E-state index is 0.0317. The third kappa shape index (κ3) is 2.59. The molecule has 0 saturated carbocycles. The van der Waals surface area contributed by atoms with Gasteiger partial charge in [0.1, 0.15) is 12.1 Å². The van der Waals surface area contributed by atoms with Crippen LogP contribution >= 0.6 is 0 Å². The Morgan fingerprint density at radius 1 is 1.13 bits per heavy atom. The molecule has 116 valence electrons. The Labute approximate surface area is 134 Å². The highest BCUT2D eigenvalue weighted by molar-refractivity contribution is 5.38. The predicted molar refractivity (Wildman–Crippen MR) is 86.7 cm³/mol. The van der Waals surface area contributed by atoms with E-state index in [1.54, 1.807) is 12.1 Å². The lowest BCUT2D eigenvalue weighted by molar-refractivity contribution is 0.429. The van der Waals surface area contributed by atoms with Crippen LogP contribution in [-0.2, 0) is 0 Å². The van der Waals surface area contributed by atoms with Gasteiger partial charge in [-0.1, -0.05) is 42.0 Å². The molecule has 0 fully saturated rings. The van der Waals surface area contributed by atoms with Gasteiger partial charge in [-0.05, 0) is 36.6 Å². The molecular weight excluding hydrogens is 291 g/mol. The molecule has 0 bridgehead atoms. The molecule has 5 heteroatoms. The number of fused-ring (bicyclic) bond motifs is 1. The molecule has 2 aromatic carbocycles. The summed E-state index contributed by atoms with van der Waals surface area (Å²) in [5.41, 5.74) is 3.34. The number of anilines is 1. The van der Waals surface area contributed by atoms with Crippen molar-refractivity contribution in [1.29, 1.82) is 0 Å². The van der Waals surface area contributed by atoms with Crippen LogP contribution in [0.3, 0.4) is 0 Å². The van der Waals surface area contributed by atoms with E-state index in [0.717, 1.165) is 17.9 Å². The van der Waals surface area contributed by atoms with Crippen LogP contribution in [0, 0.1) is 12.7 Å². The summed E-state index contributed by atoms with van der Waals surface area (Å²) < 4.78 is 15.5. The van der Waals surface area contributed by atoms with Crippen molar-refractivity contribution in [2.45, 2.75) is 25.4 Å². The van der Waals surface area contributed by atoms with Gasteiger partial charge in [0.15, 0.2) is 0 Å². The van der Waals surface area contributed by atoms with Gasteiger partial charge < -0.3 is 5.32 Å². The summed E-state index contributed by atoms with van der Waals surface area (Å²) in [5, 5.41) is 7.73. The van der Waals surface area contributed by atoms with Gasteiger partial charge in [-0.2, -0.15) is 10.1 Å². The molecular formula is C18H17FN4. The molecule has 2 heterocycles. The number of hydrogen-bond acceptors (Lipinski definition) is 3. The van der Waals surface area contributed by atoms with Crippen LogP contribution in [0.2, 0.25) is 0 Å². The van der Waals surface area contributed by atoms with Crippen LogP contribution in [0.4, 0.5) is 10.3 Å². The van der Waals surface area contributed by atoms with E-state index in [1.807, 2.05) is 10.7 Å². The fraction of sp³-hybridized carbons (Fsp3) is 0.222. The van der Waals surface area contributed by atoms with E-state index in [4.69, 9.17) is 0 Å². The van der Waals surface area contributed by atoms with Gasteiger partial charge >= 0.3 is 0 Å². The summed E-state index contributed by atoms with van der Waals surface area (Å²) in [7, 11) is 0. The number of halogens is 1. The van der Waals surface area contributed by atoms with Crippen molar-refractivity contribution in [3.05, 3.63) is 77.4 Å².